The van der Waals surface area contributed by atoms with Crippen LogP contribution >= 0.6 is 23.2 Å². The summed E-state index contributed by atoms with van der Waals surface area (Å²) in [7, 11) is 0. The highest BCUT2D eigenvalue weighted by molar-refractivity contribution is 6.30. The van der Waals surface area contributed by atoms with Crippen LogP contribution in [0, 0.1) is 5.82 Å². The van der Waals surface area contributed by atoms with E-state index in [1.54, 1.807) is 12.1 Å². The molecule has 0 aliphatic carbocycles. The van der Waals surface area contributed by atoms with E-state index in [4.69, 9.17) is 23.2 Å². The van der Waals surface area contributed by atoms with Gasteiger partial charge in [-0.25, -0.2) is 4.39 Å². The molecule has 2 atom stereocenters. The van der Waals surface area contributed by atoms with Crippen LogP contribution in [0.25, 0.3) is 0 Å². The summed E-state index contributed by atoms with van der Waals surface area (Å²) in [6.45, 7) is 0.658. The Hall–Kier alpha value is -0.310. The average molecular weight is 288 g/mol. The van der Waals surface area contributed by atoms with Gasteiger partial charge in [-0.15, -0.1) is 11.6 Å². The molecule has 2 aliphatic rings. The van der Waals surface area contributed by atoms with E-state index in [-0.39, 0.29) is 5.82 Å². The lowest BCUT2D eigenvalue weighted by Crippen LogP contribution is -2.42. The van der Waals surface area contributed by atoms with Crippen LogP contribution < -0.4 is 0 Å². The molecule has 2 bridgehead atoms. The van der Waals surface area contributed by atoms with Crippen LogP contribution in [0.5, 0.6) is 0 Å². The Balaban J connectivity index is 1.79. The number of alkyl halides is 1. The molecule has 0 spiro atoms. The number of hydrogen-bond acceptors (Lipinski definition) is 1. The maximum atomic E-state index is 13.8. The Morgan fingerprint density at radius 1 is 1.22 bits per heavy atom. The molecule has 0 saturated carbocycles. The first-order valence-corrected chi connectivity index (χ1v) is 7.28. The van der Waals surface area contributed by atoms with Crippen LogP contribution in [0.1, 0.15) is 31.2 Å². The third-order valence-corrected chi connectivity index (χ3v) is 4.78. The minimum atomic E-state index is -0.160. The van der Waals surface area contributed by atoms with E-state index < -0.39 is 0 Å². The highest BCUT2D eigenvalue weighted by atomic mass is 35.5. The van der Waals surface area contributed by atoms with Gasteiger partial charge in [0.15, 0.2) is 0 Å². The van der Waals surface area contributed by atoms with Crippen molar-refractivity contribution in [2.75, 3.05) is 0 Å². The molecule has 1 aromatic carbocycles. The molecule has 0 radical (unpaired) electrons. The van der Waals surface area contributed by atoms with Gasteiger partial charge in [0.05, 0.1) is 0 Å². The second-order valence-electron chi connectivity index (χ2n) is 5.36. The minimum absolute atomic E-state index is 0.160. The molecule has 3 rings (SSSR count). The lowest BCUT2D eigenvalue weighted by molar-refractivity contribution is 0.133. The monoisotopic (exact) mass is 287 g/mol. The highest BCUT2D eigenvalue weighted by Gasteiger charge is 2.40. The second kappa shape index (κ2) is 4.99. The van der Waals surface area contributed by atoms with Crippen LogP contribution in [0.15, 0.2) is 18.2 Å². The van der Waals surface area contributed by atoms with Crippen LogP contribution in [0.2, 0.25) is 5.02 Å². The van der Waals surface area contributed by atoms with Gasteiger partial charge >= 0.3 is 0 Å². The third-order valence-electron chi connectivity index (χ3n) is 4.19. The van der Waals surface area contributed by atoms with E-state index in [2.05, 4.69) is 4.90 Å². The number of hydrogen-bond donors (Lipinski definition) is 0. The van der Waals surface area contributed by atoms with E-state index in [1.807, 2.05) is 0 Å². The molecule has 1 aromatic rings. The van der Waals surface area contributed by atoms with E-state index in [0.717, 1.165) is 12.8 Å². The lowest BCUT2D eigenvalue weighted by Gasteiger charge is -2.37. The van der Waals surface area contributed by atoms with Gasteiger partial charge in [-0.1, -0.05) is 11.6 Å². The summed E-state index contributed by atoms with van der Waals surface area (Å²) in [5.41, 5.74) is 0.701. The molecular weight excluding hydrogens is 272 g/mol. The van der Waals surface area contributed by atoms with Gasteiger partial charge in [0.2, 0.25) is 0 Å². The predicted octanol–water partition coefficient (Wildman–Crippen LogP) is 4.21. The van der Waals surface area contributed by atoms with Crippen LogP contribution in [0.3, 0.4) is 0 Å². The van der Waals surface area contributed by atoms with E-state index in [1.165, 1.54) is 18.9 Å². The van der Waals surface area contributed by atoms with Crippen molar-refractivity contribution in [3.8, 4) is 0 Å². The fraction of sp³-hybridized carbons (Fsp3) is 0.571. The quantitative estimate of drug-likeness (QED) is 0.737. The molecule has 0 amide bonds. The minimum Gasteiger partial charge on any atom is -0.293 e. The molecule has 0 aromatic heterocycles. The summed E-state index contributed by atoms with van der Waals surface area (Å²) in [4.78, 5) is 2.41. The SMILES string of the molecule is Fc1ccc(Cl)cc1CN1C2CCC1CC(Cl)C2. The number of nitrogens with zero attached hydrogens (tertiary/aromatic N) is 1. The zero-order valence-corrected chi connectivity index (χ0v) is 11.6. The third kappa shape index (κ3) is 2.38. The summed E-state index contributed by atoms with van der Waals surface area (Å²) in [6.07, 6.45) is 4.44. The van der Waals surface area contributed by atoms with Gasteiger partial charge < -0.3 is 0 Å². The first-order chi connectivity index (χ1) is 8.63. The molecule has 2 aliphatic heterocycles. The van der Waals surface area contributed by atoms with Crippen LogP contribution in [-0.2, 0) is 6.54 Å². The number of fused-ring (bicyclic) bond motifs is 2. The Morgan fingerprint density at radius 2 is 1.89 bits per heavy atom. The smallest absolute Gasteiger partial charge is 0.127 e. The van der Waals surface area contributed by atoms with Gasteiger partial charge in [0.1, 0.15) is 5.82 Å². The van der Waals surface area contributed by atoms with Gasteiger partial charge in [-0.05, 0) is 43.9 Å². The van der Waals surface area contributed by atoms with Crippen molar-refractivity contribution in [3.63, 3.8) is 0 Å². The molecule has 2 heterocycles. The molecule has 4 heteroatoms. The molecule has 0 N–H and O–H groups in total. The summed E-state index contributed by atoms with van der Waals surface area (Å²) >= 11 is 12.2. The molecule has 98 valence electrons. The average Bonchev–Trinajstić information content (AvgIpc) is 2.57. The van der Waals surface area contributed by atoms with Gasteiger partial charge in [-0.3, -0.25) is 4.90 Å². The summed E-state index contributed by atoms with van der Waals surface area (Å²) in [5.74, 6) is -0.160. The fourth-order valence-electron chi connectivity index (χ4n) is 3.33. The molecular formula is C14H16Cl2FN. The van der Waals surface area contributed by atoms with E-state index in [0.29, 0.717) is 34.6 Å². The Kier molecular flexibility index (Phi) is 3.52. The highest BCUT2D eigenvalue weighted by Crippen LogP contribution is 2.39. The van der Waals surface area contributed by atoms with Crippen molar-refractivity contribution in [2.24, 2.45) is 0 Å². The van der Waals surface area contributed by atoms with Crippen molar-refractivity contribution < 1.29 is 4.39 Å². The van der Waals surface area contributed by atoms with Crippen molar-refractivity contribution >= 4 is 23.2 Å². The van der Waals surface area contributed by atoms with Crippen molar-refractivity contribution in [3.05, 3.63) is 34.6 Å². The van der Waals surface area contributed by atoms with Gasteiger partial charge in [0, 0.05) is 34.6 Å². The zero-order chi connectivity index (χ0) is 12.7. The first-order valence-electron chi connectivity index (χ1n) is 6.47. The first kappa shape index (κ1) is 12.7. The zero-order valence-electron chi connectivity index (χ0n) is 10.1. The fourth-order valence-corrected chi connectivity index (χ4v) is 3.93. The number of benzene rings is 1. The molecule has 2 unspecified atom stereocenters. The molecule has 2 fully saturated rings. The normalized spacial score (nSPS) is 31.8. The molecule has 18 heavy (non-hydrogen) atoms. The van der Waals surface area contributed by atoms with E-state index >= 15 is 0 Å². The van der Waals surface area contributed by atoms with Crippen molar-refractivity contribution in [1.82, 2.24) is 4.90 Å². The topological polar surface area (TPSA) is 3.24 Å². The molecule has 1 nitrogen and oxygen atoms in total. The number of halogens is 3. The van der Waals surface area contributed by atoms with Crippen LogP contribution in [-0.4, -0.2) is 22.4 Å². The summed E-state index contributed by atoms with van der Waals surface area (Å²) in [5, 5.41) is 0.897. The molecule has 2 saturated heterocycles. The predicted molar refractivity (Wildman–Crippen MR) is 72.6 cm³/mol. The summed E-state index contributed by atoms with van der Waals surface area (Å²) < 4.78 is 13.8. The van der Waals surface area contributed by atoms with E-state index in [9.17, 15) is 4.39 Å². The second-order valence-corrected chi connectivity index (χ2v) is 6.42. The lowest BCUT2D eigenvalue weighted by atomic mass is 10.0. The van der Waals surface area contributed by atoms with Gasteiger partial charge in [0.25, 0.3) is 0 Å². The number of piperidine rings is 1. The van der Waals surface area contributed by atoms with Gasteiger partial charge in [-0.2, -0.15) is 0 Å². The Bertz CT molecular complexity index is 437. The summed E-state index contributed by atoms with van der Waals surface area (Å²) in [6, 6.07) is 5.83. The largest absolute Gasteiger partial charge is 0.293 e. The van der Waals surface area contributed by atoms with Crippen molar-refractivity contribution in [1.29, 1.82) is 0 Å². The maximum absolute atomic E-state index is 13.8. The standard InChI is InChI=1S/C14H16Cl2FN/c15-10-1-4-14(17)9(5-10)8-18-12-2-3-13(18)7-11(16)6-12/h1,4-5,11-13H,2-3,6-8H2. The Labute approximate surface area is 117 Å². The Morgan fingerprint density at radius 3 is 2.56 bits per heavy atom. The number of rotatable bonds is 2. The van der Waals surface area contributed by atoms with Crippen molar-refractivity contribution in [2.45, 2.75) is 49.7 Å². The van der Waals surface area contributed by atoms with Crippen LogP contribution in [0.4, 0.5) is 4.39 Å². The maximum Gasteiger partial charge on any atom is 0.127 e.